The summed E-state index contributed by atoms with van der Waals surface area (Å²) in [7, 11) is 3.68. The summed E-state index contributed by atoms with van der Waals surface area (Å²) in [6.45, 7) is 5.34. The maximum absolute atomic E-state index is 6.07. The van der Waals surface area contributed by atoms with Crippen molar-refractivity contribution >= 4 is 53.1 Å². The van der Waals surface area contributed by atoms with Crippen LogP contribution in [-0.4, -0.2) is 48.7 Å². The Balaban J connectivity index is 0.00000288. The number of nitrogens with zero attached hydrogens (tertiary/aromatic N) is 3. The number of hydrogen-bond acceptors (Lipinski definition) is 2. The predicted octanol–water partition coefficient (Wildman–Crippen LogP) is 3.49. The maximum atomic E-state index is 6.07. The van der Waals surface area contributed by atoms with Gasteiger partial charge in [-0.3, -0.25) is 4.99 Å². The minimum Gasteiger partial charge on any atom is -0.356 e. The van der Waals surface area contributed by atoms with Gasteiger partial charge in [-0.1, -0.05) is 23.2 Å². The van der Waals surface area contributed by atoms with Gasteiger partial charge in [-0.05, 0) is 51.4 Å². The molecule has 1 aromatic rings. The third-order valence-electron chi connectivity index (χ3n) is 4.27. The van der Waals surface area contributed by atoms with E-state index in [1.54, 1.807) is 7.05 Å². The SMILES string of the molecule is CN=C(NCCCCN1CCCC1)NCc1cc(Cl)c(Cl)n1C.I. The molecular weight excluding hydrogens is 460 g/mol. The number of likely N-dealkylation sites (tertiary alicyclic amines) is 1. The van der Waals surface area contributed by atoms with Crippen LogP contribution in [-0.2, 0) is 13.6 Å². The molecule has 1 aliphatic rings. The standard InChI is InChI=1S/C16H27Cl2N5.HI/c1-19-16(20-7-3-4-8-23-9-5-6-10-23)21-12-13-11-14(17)15(18)22(13)2;/h11H,3-10,12H2,1-2H3,(H2,19,20,21);1H. The van der Waals surface area contributed by atoms with Crippen LogP contribution in [0.15, 0.2) is 11.1 Å². The Morgan fingerprint density at radius 1 is 1.21 bits per heavy atom. The Bertz CT molecular complexity index is 527. The molecule has 0 aliphatic carbocycles. The first-order valence-electron chi connectivity index (χ1n) is 8.28. The normalized spacial score (nSPS) is 15.4. The molecule has 24 heavy (non-hydrogen) atoms. The predicted molar refractivity (Wildman–Crippen MR) is 114 cm³/mol. The average molecular weight is 488 g/mol. The molecule has 0 atom stereocenters. The number of guanidine groups is 1. The molecular formula is C16H28Cl2IN5. The minimum absolute atomic E-state index is 0. The van der Waals surface area contributed by atoms with E-state index in [0.717, 1.165) is 24.6 Å². The molecule has 1 saturated heterocycles. The summed E-state index contributed by atoms with van der Waals surface area (Å²) in [5, 5.41) is 7.78. The lowest BCUT2D eigenvalue weighted by molar-refractivity contribution is 0.330. The smallest absolute Gasteiger partial charge is 0.191 e. The van der Waals surface area contributed by atoms with Gasteiger partial charge in [-0.25, -0.2) is 0 Å². The molecule has 8 heteroatoms. The molecule has 0 unspecified atom stereocenters. The van der Waals surface area contributed by atoms with Crippen molar-refractivity contribution in [2.45, 2.75) is 32.2 Å². The first kappa shape index (κ1) is 21.9. The molecule has 0 saturated carbocycles. The van der Waals surface area contributed by atoms with Crippen molar-refractivity contribution in [1.82, 2.24) is 20.1 Å². The second-order valence-corrected chi connectivity index (χ2v) is 6.71. The van der Waals surface area contributed by atoms with Crippen LogP contribution in [0.2, 0.25) is 10.2 Å². The van der Waals surface area contributed by atoms with E-state index in [-0.39, 0.29) is 24.0 Å². The number of aliphatic imine (C=N–C) groups is 1. The zero-order valence-corrected chi connectivity index (χ0v) is 18.3. The van der Waals surface area contributed by atoms with E-state index in [1.165, 1.54) is 38.9 Å². The van der Waals surface area contributed by atoms with Crippen molar-refractivity contribution in [3.05, 3.63) is 21.9 Å². The molecule has 1 aromatic heterocycles. The Labute approximate surface area is 172 Å². The van der Waals surface area contributed by atoms with Crippen LogP contribution < -0.4 is 10.6 Å². The van der Waals surface area contributed by atoms with Crippen LogP contribution in [0.1, 0.15) is 31.4 Å². The third-order valence-corrected chi connectivity index (χ3v) is 5.11. The lowest BCUT2D eigenvalue weighted by atomic mass is 10.3. The van der Waals surface area contributed by atoms with Gasteiger partial charge in [-0.15, -0.1) is 24.0 Å². The van der Waals surface area contributed by atoms with Gasteiger partial charge in [0, 0.05) is 26.3 Å². The summed E-state index contributed by atoms with van der Waals surface area (Å²) in [6.07, 6.45) is 5.11. The number of aromatic nitrogens is 1. The van der Waals surface area contributed by atoms with E-state index in [9.17, 15) is 0 Å². The fourth-order valence-electron chi connectivity index (χ4n) is 2.83. The Morgan fingerprint density at radius 2 is 1.92 bits per heavy atom. The Hall–Kier alpha value is -0.180. The number of halogens is 3. The van der Waals surface area contributed by atoms with Crippen molar-refractivity contribution in [3.8, 4) is 0 Å². The van der Waals surface area contributed by atoms with Crippen LogP contribution in [0.4, 0.5) is 0 Å². The molecule has 0 spiro atoms. The summed E-state index contributed by atoms with van der Waals surface area (Å²) in [6, 6.07) is 1.88. The van der Waals surface area contributed by atoms with Crippen molar-refractivity contribution in [2.24, 2.45) is 12.0 Å². The van der Waals surface area contributed by atoms with Crippen molar-refractivity contribution in [3.63, 3.8) is 0 Å². The maximum Gasteiger partial charge on any atom is 0.191 e. The number of rotatable bonds is 7. The minimum atomic E-state index is 0. The van der Waals surface area contributed by atoms with Crippen LogP contribution in [0, 0.1) is 0 Å². The highest BCUT2D eigenvalue weighted by molar-refractivity contribution is 14.0. The molecule has 0 aromatic carbocycles. The van der Waals surface area contributed by atoms with Gasteiger partial charge in [0.2, 0.25) is 0 Å². The second kappa shape index (κ2) is 11.4. The van der Waals surface area contributed by atoms with E-state index < -0.39 is 0 Å². The summed E-state index contributed by atoms with van der Waals surface area (Å²) < 4.78 is 1.88. The highest BCUT2D eigenvalue weighted by Gasteiger charge is 2.11. The molecule has 2 heterocycles. The average Bonchev–Trinajstić information content (AvgIpc) is 3.15. The summed E-state index contributed by atoms with van der Waals surface area (Å²) in [4.78, 5) is 6.80. The fourth-order valence-corrected chi connectivity index (χ4v) is 3.24. The number of unbranched alkanes of at least 4 members (excludes halogenated alkanes) is 1. The Morgan fingerprint density at radius 3 is 2.50 bits per heavy atom. The molecule has 1 aliphatic heterocycles. The molecule has 138 valence electrons. The molecule has 2 N–H and O–H groups in total. The topological polar surface area (TPSA) is 44.6 Å². The van der Waals surface area contributed by atoms with Gasteiger partial charge < -0.3 is 20.1 Å². The quantitative estimate of drug-likeness (QED) is 0.268. The molecule has 0 bridgehead atoms. The summed E-state index contributed by atoms with van der Waals surface area (Å²) in [5.74, 6) is 0.805. The van der Waals surface area contributed by atoms with Crippen LogP contribution >= 0.6 is 47.2 Å². The summed E-state index contributed by atoms with van der Waals surface area (Å²) in [5.41, 5.74) is 1.02. The van der Waals surface area contributed by atoms with Crippen LogP contribution in [0.3, 0.4) is 0 Å². The Kier molecular flexibility index (Phi) is 10.4. The van der Waals surface area contributed by atoms with Gasteiger partial charge in [0.15, 0.2) is 5.96 Å². The number of nitrogens with one attached hydrogen (secondary N) is 2. The summed E-state index contributed by atoms with van der Waals surface area (Å²) >= 11 is 12.1. The molecule has 5 nitrogen and oxygen atoms in total. The molecule has 0 radical (unpaired) electrons. The first-order valence-corrected chi connectivity index (χ1v) is 9.04. The molecule has 0 amide bonds. The zero-order valence-electron chi connectivity index (χ0n) is 14.4. The highest BCUT2D eigenvalue weighted by Crippen LogP contribution is 2.24. The van der Waals surface area contributed by atoms with Crippen molar-refractivity contribution in [2.75, 3.05) is 33.2 Å². The first-order chi connectivity index (χ1) is 11.1. The zero-order chi connectivity index (χ0) is 16.7. The highest BCUT2D eigenvalue weighted by atomic mass is 127. The van der Waals surface area contributed by atoms with E-state index in [2.05, 4.69) is 20.5 Å². The number of hydrogen-bond donors (Lipinski definition) is 2. The molecule has 1 fully saturated rings. The van der Waals surface area contributed by atoms with E-state index in [0.29, 0.717) is 16.7 Å². The van der Waals surface area contributed by atoms with E-state index >= 15 is 0 Å². The van der Waals surface area contributed by atoms with Gasteiger partial charge in [0.1, 0.15) is 5.15 Å². The van der Waals surface area contributed by atoms with E-state index in [1.807, 2.05) is 17.7 Å². The lowest BCUT2D eigenvalue weighted by Crippen LogP contribution is -2.37. The lowest BCUT2D eigenvalue weighted by Gasteiger charge is -2.15. The van der Waals surface area contributed by atoms with Crippen molar-refractivity contribution < 1.29 is 0 Å². The fraction of sp³-hybridized carbons (Fsp3) is 0.688. The van der Waals surface area contributed by atoms with Gasteiger partial charge >= 0.3 is 0 Å². The van der Waals surface area contributed by atoms with Gasteiger partial charge in [0.05, 0.1) is 11.6 Å². The van der Waals surface area contributed by atoms with Gasteiger partial charge in [0.25, 0.3) is 0 Å². The van der Waals surface area contributed by atoms with Gasteiger partial charge in [-0.2, -0.15) is 0 Å². The largest absolute Gasteiger partial charge is 0.356 e. The second-order valence-electron chi connectivity index (χ2n) is 5.94. The monoisotopic (exact) mass is 487 g/mol. The molecule has 2 rings (SSSR count). The van der Waals surface area contributed by atoms with Crippen molar-refractivity contribution in [1.29, 1.82) is 0 Å². The third kappa shape index (κ3) is 6.61. The van der Waals surface area contributed by atoms with Crippen LogP contribution in [0.25, 0.3) is 0 Å². The van der Waals surface area contributed by atoms with Crippen LogP contribution in [0.5, 0.6) is 0 Å². The van der Waals surface area contributed by atoms with E-state index in [4.69, 9.17) is 23.2 Å².